The van der Waals surface area contributed by atoms with Crippen molar-refractivity contribution in [3.05, 3.63) is 63.5 Å². The van der Waals surface area contributed by atoms with Crippen LogP contribution in [0.2, 0.25) is 10.0 Å². The van der Waals surface area contributed by atoms with Crippen LogP contribution in [-0.2, 0) is 0 Å². The summed E-state index contributed by atoms with van der Waals surface area (Å²) in [7, 11) is 0. The van der Waals surface area contributed by atoms with Gasteiger partial charge in [-0.1, -0.05) is 49.2 Å². The molecule has 0 saturated heterocycles. The Kier molecular flexibility index (Phi) is 6.24. The van der Waals surface area contributed by atoms with Crippen LogP contribution in [0.15, 0.2) is 52.7 Å². The Morgan fingerprint density at radius 3 is 2.69 bits per heavy atom. The van der Waals surface area contributed by atoms with E-state index in [0.29, 0.717) is 26.0 Å². The van der Waals surface area contributed by atoms with Gasteiger partial charge >= 0.3 is 0 Å². The van der Waals surface area contributed by atoms with Crippen molar-refractivity contribution in [3.8, 4) is 11.3 Å². The van der Waals surface area contributed by atoms with E-state index in [2.05, 4.69) is 24.1 Å². The number of nitrogens with zero attached hydrogens (tertiary/aromatic N) is 1. The molecule has 3 rings (SSSR count). The molecule has 1 N–H and O–H groups in total. The Morgan fingerprint density at radius 2 is 1.96 bits per heavy atom. The lowest BCUT2D eigenvalue weighted by molar-refractivity contribution is 0.102. The number of carbonyl (C=O) groups is 1. The third-order valence-corrected chi connectivity index (χ3v) is 5.90. The summed E-state index contributed by atoms with van der Waals surface area (Å²) >= 11 is 15.1. The number of carbonyl (C=O) groups excluding carboxylic acids is 1. The van der Waals surface area contributed by atoms with E-state index in [-0.39, 0.29) is 5.91 Å². The van der Waals surface area contributed by atoms with Crippen LogP contribution in [-0.4, -0.2) is 16.1 Å². The highest BCUT2D eigenvalue weighted by Gasteiger charge is 2.12. The normalized spacial score (nSPS) is 11.0. The van der Waals surface area contributed by atoms with E-state index in [1.165, 1.54) is 11.3 Å². The summed E-state index contributed by atoms with van der Waals surface area (Å²) in [5.41, 5.74) is 2.21. The first kappa shape index (κ1) is 19.2. The van der Waals surface area contributed by atoms with E-state index >= 15 is 0 Å². The summed E-state index contributed by atoms with van der Waals surface area (Å²) in [4.78, 5) is 18.0. The fraction of sp³-hybridized carbons (Fsp3) is 0.158. The number of aromatic nitrogens is 1. The zero-order chi connectivity index (χ0) is 18.7. The molecule has 0 bridgehead atoms. The van der Waals surface area contributed by atoms with Crippen molar-refractivity contribution in [1.29, 1.82) is 0 Å². The highest BCUT2D eigenvalue weighted by atomic mass is 35.5. The van der Waals surface area contributed by atoms with Crippen molar-refractivity contribution in [2.75, 3.05) is 5.32 Å². The summed E-state index contributed by atoms with van der Waals surface area (Å²) in [6, 6.07) is 12.9. The molecule has 0 radical (unpaired) electrons. The third-order valence-electron chi connectivity index (χ3n) is 3.41. The molecule has 0 aliphatic carbocycles. The number of benzene rings is 2. The van der Waals surface area contributed by atoms with Crippen LogP contribution in [0.5, 0.6) is 0 Å². The summed E-state index contributed by atoms with van der Waals surface area (Å²) in [6.45, 7) is 4.25. The number of rotatable bonds is 5. The van der Waals surface area contributed by atoms with E-state index in [9.17, 15) is 4.79 Å². The van der Waals surface area contributed by atoms with Crippen molar-refractivity contribution in [1.82, 2.24) is 4.98 Å². The van der Waals surface area contributed by atoms with Crippen LogP contribution in [0.3, 0.4) is 0 Å². The molecular formula is C19H16Cl2N2OS2. The topological polar surface area (TPSA) is 42.0 Å². The molecule has 1 aromatic heterocycles. The largest absolute Gasteiger partial charge is 0.298 e. The monoisotopic (exact) mass is 422 g/mol. The summed E-state index contributed by atoms with van der Waals surface area (Å²) < 4.78 is 0. The Hall–Kier alpha value is -1.53. The maximum atomic E-state index is 12.5. The van der Waals surface area contributed by atoms with Crippen LogP contribution >= 0.6 is 46.3 Å². The van der Waals surface area contributed by atoms with Crippen LogP contribution in [0.25, 0.3) is 11.3 Å². The molecule has 3 aromatic rings. The maximum absolute atomic E-state index is 12.5. The van der Waals surface area contributed by atoms with Gasteiger partial charge in [0.05, 0.1) is 15.7 Å². The molecule has 0 fully saturated rings. The number of anilines is 1. The lowest BCUT2D eigenvalue weighted by atomic mass is 10.2. The Labute approximate surface area is 170 Å². The van der Waals surface area contributed by atoms with E-state index < -0.39 is 0 Å². The van der Waals surface area contributed by atoms with Crippen LogP contribution in [0.1, 0.15) is 24.2 Å². The molecule has 3 nitrogen and oxygen atoms in total. The van der Waals surface area contributed by atoms with Crippen molar-refractivity contribution < 1.29 is 4.79 Å². The summed E-state index contributed by atoms with van der Waals surface area (Å²) in [5, 5.41) is 6.70. The fourth-order valence-corrected chi connectivity index (χ4v) is 4.18. The smallest absolute Gasteiger partial charge is 0.257 e. The van der Waals surface area contributed by atoms with Gasteiger partial charge in [-0.25, -0.2) is 4.98 Å². The second kappa shape index (κ2) is 8.44. The van der Waals surface area contributed by atoms with Crippen molar-refractivity contribution in [2.24, 2.45) is 0 Å². The number of nitrogens with one attached hydrogen (secondary N) is 1. The number of hydrogen-bond donors (Lipinski definition) is 1. The number of halogens is 2. The molecule has 0 atom stereocenters. The molecule has 0 spiro atoms. The summed E-state index contributed by atoms with van der Waals surface area (Å²) in [6.07, 6.45) is 0. The van der Waals surface area contributed by atoms with Gasteiger partial charge in [0, 0.05) is 26.7 Å². The van der Waals surface area contributed by atoms with Crippen molar-refractivity contribution in [3.63, 3.8) is 0 Å². The van der Waals surface area contributed by atoms with E-state index in [0.717, 1.165) is 16.2 Å². The first-order valence-corrected chi connectivity index (χ1v) is 10.4. The SMILES string of the molecule is CC(C)Sc1cccc(C(=O)Nc2nc(-c3ccc(Cl)c(Cl)c3)cs2)c1. The molecule has 7 heteroatoms. The first-order chi connectivity index (χ1) is 12.4. The van der Waals surface area contributed by atoms with Crippen molar-refractivity contribution in [2.45, 2.75) is 24.0 Å². The minimum absolute atomic E-state index is 0.175. The molecule has 1 amide bonds. The van der Waals surface area contributed by atoms with Crippen LogP contribution < -0.4 is 5.32 Å². The molecule has 0 aliphatic rings. The minimum Gasteiger partial charge on any atom is -0.298 e. The highest BCUT2D eigenvalue weighted by Crippen LogP contribution is 2.31. The fourth-order valence-electron chi connectivity index (χ4n) is 2.27. The lowest BCUT2D eigenvalue weighted by Crippen LogP contribution is -2.11. The Morgan fingerprint density at radius 1 is 1.15 bits per heavy atom. The van der Waals surface area contributed by atoms with Crippen LogP contribution in [0.4, 0.5) is 5.13 Å². The van der Waals surface area contributed by atoms with Gasteiger partial charge in [-0.15, -0.1) is 23.1 Å². The molecule has 134 valence electrons. The van der Waals surface area contributed by atoms with Gasteiger partial charge in [-0.05, 0) is 30.3 Å². The Balaban J connectivity index is 1.74. The second-order valence-electron chi connectivity index (χ2n) is 5.82. The molecular weight excluding hydrogens is 407 g/mol. The molecule has 0 aliphatic heterocycles. The standard InChI is InChI=1S/C19H16Cl2N2OS2/c1-11(2)26-14-5-3-4-13(8-14)18(24)23-19-22-17(10-25-19)12-6-7-15(20)16(21)9-12/h3-11H,1-2H3,(H,22,23,24). The van der Waals surface area contributed by atoms with Crippen LogP contribution in [0, 0.1) is 0 Å². The second-order valence-corrected chi connectivity index (χ2v) is 9.14. The molecule has 0 saturated carbocycles. The van der Waals surface area contributed by atoms with Gasteiger partial charge in [0.1, 0.15) is 0 Å². The average Bonchev–Trinajstić information content (AvgIpc) is 3.05. The highest BCUT2D eigenvalue weighted by molar-refractivity contribution is 7.99. The number of amides is 1. The van der Waals surface area contributed by atoms with Crippen molar-refractivity contribution >= 4 is 57.3 Å². The molecule has 1 heterocycles. The number of hydrogen-bond acceptors (Lipinski definition) is 4. The predicted molar refractivity (Wildman–Crippen MR) is 113 cm³/mol. The Bertz CT molecular complexity index is 941. The molecule has 2 aromatic carbocycles. The van der Waals surface area contributed by atoms with E-state index in [4.69, 9.17) is 23.2 Å². The van der Waals surface area contributed by atoms with Gasteiger partial charge in [-0.2, -0.15) is 0 Å². The lowest BCUT2D eigenvalue weighted by Gasteiger charge is -2.07. The van der Waals surface area contributed by atoms with Gasteiger partial charge < -0.3 is 0 Å². The van der Waals surface area contributed by atoms with Gasteiger partial charge in [-0.3, -0.25) is 10.1 Å². The minimum atomic E-state index is -0.175. The quantitative estimate of drug-likeness (QED) is 0.456. The van der Waals surface area contributed by atoms with E-state index in [1.807, 2.05) is 29.6 Å². The van der Waals surface area contributed by atoms with Gasteiger partial charge in [0.25, 0.3) is 5.91 Å². The molecule has 0 unspecified atom stereocenters. The number of thioether (sulfide) groups is 1. The maximum Gasteiger partial charge on any atom is 0.257 e. The predicted octanol–water partition coefficient (Wildman–Crippen LogP) is 6.87. The molecule has 26 heavy (non-hydrogen) atoms. The third kappa shape index (κ3) is 4.80. The van der Waals surface area contributed by atoms with E-state index in [1.54, 1.807) is 30.0 Å². The van der Waals surface area contributed by atoms with Gasteiger partial charge in [0.2, 0.25) is 0 Å². The first-order valence-electron chi connectivity index (χ1n) is 7.91. The average molecular weight is 423 g/mol. The van der Waals surface area contributed by atoms with Gasteiger partial charge in [0.15, 0.2) is 5.13 Å². The zero-order valence-corrected chi connectivity index (χ0v) is 17.3. The zero-order valence-electron chi connectivity index (χ0n) is 14.1. The summed E-state index contributed by atoms with van der Waals surface area (Å²) in [5.74, 6) is -0.175. The number of thiazole rings is 1.